The molecule has 1 aromatic heterocycles. The number of H-pyrrole nitrogens is 1. The molecule has 2 fully saturated rings. The van der Waals surface area contributed by atoms with Gasteiger partial charge in [0.2, 0.25) is 0 Å². The molecule has 1 saturated heterocycles. The Hall–Kier alpha value is -1.81. The van der Waals surface area contributed by atoms with Gasteiger partial charge in [0.15, 0.2) is 5.43 Å². The molecule has 1 saturated carbocycles. The monoisotopic (exact) mass is 367 g/mol. The summed E-state index contributed by atoms with van der Waals surface area (Å²) < 4.78 is 0. The SMILES string of the molecule is Cc1[nH]c2ccc(N(C)C)cc2c(=O)c1CN1C[C@]2(C)C[C@@H]1CC(C)(C)C2. The average Bonchev–Trinajstić information content (AvgIpc) is 2.79. The molecule has 2 bridgehead atoms. The Balaban J connectivity index is 1.71. The fourth-order valence-electron chi connectivity index (χ4n) is 5.87. The van der Waals surface area contributed by atoms with Gasteiger partial charge < -0.3 is 9.88 Å². The molecule has 2 aliphatic rings. The van der Waals surface area contributed by atoms with Gasteiger partial charge in [-0.1, -0.05) is 20.8 Å². The zero-order chi connectivity index (χ0) is 19.6. The van der Waals surface area contributed by atoms with Gasteiger partial charge in [0, 0.05) is 61.1 Å². The molecular formula is C23H33N3O. The smallest absolute Gasteiger partial charge is 0.194 e. The molecule has 1 aliphatic carbocycles. The maximum Gasteiger partial charge on any atom is 0.194 e. The largest absolute Gasteiger partial charge is 0.378 e. The number of aryl methyl sites for hydroxylation is 1. The first kappa shape index (κ1) is 18.5. The van der Waals surface area contributed by atoms with Crippen LogP contribution in [0.1, 0.15) is 51.3 Å². The van der Waals surface area contributed by atoms with Crippen LogP contribution in [0.2, 0.25) is 0 Å². The zero-order valence-corrected chi connectivity index (χ0v) is 17.6. The Morgan fingerprint density at radius 1 is 1.22 bits per heavy atom. The van der Waals surface area contributed by atoms with E-state index in [1.54, 1.807) is 0 Å². The molecule has 1 N–H and O–H groups in total. The molecule has 2 aromatic rings. The van der Waals surface area contributed by atoms with Gasteiger partial charge in [-0.25, -0.2) is 0 Å². The van der Waals surface area contributed by atoms with E-state index in [-0.39, 0.29) is 5.43 Å². The molecule has 146 valence electrons. The van der Waals surface area contributed by atoms with Crippen molar-refractivity contribution < 1.29 is 0 Å². The van der Waals surface area contributed by atoms with Crippen molar-refractivity contribution in [2.24, 2.45) is 10.8 Å². The second kappa shape index (κ2) is 6.10. The van der Waals surface area contributed by atoms with E-state index in [9.17, 15) is 4.79 Å². The summed E-state index contributed by atoms with van der Waals surface area (Å²) in [6, 6.07) is 6.70. The molecule has 0 spiro atoms. The Bertz CT molecular complexity index is 943. The highest BCUT2D eigenvalue weighted by molar-refractivity contribution is 5.83. The maximum atomic E-state index is 13.3. The number of hydrogen-bond acceptors (Lipinski definition) is 3. The van der Waals surface area contributed by atoms with Crippen molar-refractivity contribution in [1.29, 1.82) is 0 Å². The lowest BCUT2D eigenvalue weighted by molar-refractivity contribution is 0.126. The number of benzene rings is 1. The van der Waals surface area contributed by atoms with Crippen molar-refractivity contribution >= 4 is 16.6 Å². The summed E-state index contributed by atoms with van der Waals surface area (Å²) in [6.45, 7) is 11.1. The average molecular weight is 368 g/mol. The summed E-state index contributed by atoms with van der Waals surface area (Å²) in [5, 5.41) is 0.801. The molecule has 0 unspecified atom stereocenters. The van der Waals surface area contributed by atoms with Gasteiger partial charge in [0.25, 0.3) is 0 Å². The summed E-state index contributed by atoms with van der Waals surface area (Å²) in [5.74, 6) is 0. The molecule has 4 heteroatoms. The summed E-state index contributed by atoms with van der Waals surface area (Å²) >= 11 is 0. The zero-order valence-electron chi connectivity index (χ0n) is 17.6. The molecule has 1 aliphatic heterocycles. The van der Waals surface area contributed by atoms with Crippen LogP contribution in [0, 0.1) is 17.8 Å². The predicted molar refractivity (Wildman–Crippen MR) is 114 cm³/mol. The van der Waals surface area contributed by atoms with Gasteiger partial charge in [0.1, 0.15) is 0 Å². The number of pyridine rings is 1. The van der Waals surface area contributed by atoms with Crippen LogP contribution in [0.3, 0.4) is 0 Å². The summed E-state index contributed by atoms with van der Waals surface area (Å²) in [7, 11) is 4.02. The maximum absolute atomic E-state index is 13.3. The number of anilines is 1. The third-order valence-electron chi connectivity index (χ3n) is 6.70. The first-order valence-electron chi connectivity index (χ1n) is 10.1. The molecule has 27 heavy (non-hydrogen) atoms. The highest BCUT2D eigenvalue weighted by atomic mass is 16.1. The first-order valence-corrected chi connectivity index (χ1v) is 10.1. The van der Waals surface area contributed by atoms with E-state index >= 15 is 0 Å². The number of nitrogens with zero attached hydrogens (tertiary/aromatic N) is 2. The highest BCUT2D eigenvalue weighted by Crippen LogP contribution is 2.52. The standard InChI is InChI=1S/C23H33N3O/c1-15-19(12-26-14-23(4)11-17(26)10-22(2,3)13-23)21(27)18-9-16(25(5)6)7-8-20(18)24-15/h7-9,17H,10-14H2,1-6H3,(H,24,27)/t17-,23+/m0/s1. The number of aromatic nitrogens is 1. The Labute approximate surface area is 162 Å². The van der Waals surface area contributed by atoms with Crippen LogP contribution in [0.25, 0.3) is 10.9 Å². The second-order valence-corrected chi connectivity index (χ2v) is 10.3. The van der Waals surface area contributed by atoms with Crippen LogP contribution >= 0.6 is 0 Å². The molecule has 4 nitrogen and oxygen atoms in total. The van der Waals surface area contributed by atoms with E-state index < -0.39 is 0 Å². The lowest BCUT2D eigenvalue weighted by Gasteiger charge is -2.40. The number of aromatic amines is 1. The van der Waals surface area contributed by atoms with Crippen LogP contribution in [-0.2, 0) is 6.54 Å². The number of nitrogens with one attached hydrogen (secondary N) is 1. The van der Waals surface area contributed by atoms with Crippen LogP contribution in [0.5, 0.6) is 0 Å². The van der Waals surface area contributed by atoms with Crippen LogP contribution in [-0.4, -0.2) is 36.6 Å². The van der Waals surface area contributed by atoms with Crippen molar-refractivity contribution in [3.63, 3.8) is 0 Å². The lowest BCUT2D eigenvalue weighted by atomic mass is 9.65. The van der Waals surface area contributed by atoms with Crippen molar-refractivity contribution in [3.05, 3.63) is 39.7 Å². The van der Waals surface area contributed by atoms with Crippen molar-refractivity contribution in [2.75, 3.05) is 25.5 Å². The minimum Gasteiger partial charge on any atom is -0.378 e. The minimum atomic E-state index is 0.191. The number of likely N-dealkylation sites (tertiary alicyclic amines) is 1. The fraction of sp³-hybridized carbons (Fsp3) is 0.609. The van der Waals surface area contributed by atoms with E-state index in [4.69, 9.17) is 0 Å². The van der Waals surface area contributed by atoms with E-state index in [1.165, 1.54) is 19.3 Å². The fourth-order valence-corrected chi connectivity index (χ4v) is 5.87. The Kier molecular flexibility index (Phi) is 4.19. The van der Waals surface area contributed by atoms with Crippen LogP contribution < -0.4 is 10.3 Å². The van der Waals surface area contributed by atoms with Crippen LogP contribution in [0.4, 0.5) is 5.69 Å². The number of rotatable bonds is 3. The van der Waals surface area contributed by atoms with Gasteiger partial charge in [-0.3, -0.25) is 9.69 Å². The third kappa shape index (κ3) is 3.29. The van der Waals surface area contributed by atoms with E-state index in [0.717, 1.165) is 40.9 Å². The van der Waals surface area contributed by atoms with Gasteiger partial charge in [-0.15, -0.1) is 0 Å². The Morgan fingerprint density at radius 3 is 2.67 bits per heavy atom. The van der Waals surface area contributed by atoms with E-state index in [0.29, 0.717) is 16.9 Å². The summed E-state index contributed by atoms with van der Waals surface area (Å²) in [5.41, 5.74) is 4.92. The number of hydrogen-bond donors (Lipinski definition) is 1. The Morgan fingerprint density at radius 2 is 1.96 bits per heavy atom. The van der Waals surface area contributed by atoms with Gasteiger partial charge >= 0.3 is 0 Å². The summed E-state index contributed by atoms with van der Waals surface area (Å²) in [6.07, 6.45) is 3.79. The lowest BCUT2D eigenvalue weighted by Crippen LogP contribution is -2.35. The topological polar surface area (TPSA) is 39.3 Å². The molecule has 4 rings (SSSR count). The predicted octanol–water partition coefficient (Wildman–Crippen LogP) is 4.30. The van der Waals surface area contributed by atoms with E-state index in [2.05, 4.69) is 36.7 Å². The van der Waals surface area contributed by atoms with Crippen molar-refractivity contribution in [2.45, 2.75) is 59.5 Å². The third-order valence-corrected chi connectivity index (χ3v) is 6.70. The molecule has 1 aromatic carbocycles. The quantitative estimate of drug-likeness (QED) is 0.879. The minimum absolute atomic E-state index is 0.191. The van der Waals surface area contributed by atoms with Gasteiger partial charge in [0.05, 0.1) is 0 Å². The number of fused-ring (bicyclic) bond motifs is 3. The van der Waals surface area contributed by atoms with E-state index in [1.807, 2.05) is 38.1 Å². The van der Waals surface area contributed by atoms with Crippen molar-refractivity contribution in [1.82, 2.24) is 9.88 Å². The van der Waals surface area contributed by atoms with Crippen LogP contribution in [0.15, 0.2) is 23.0 Å². The van der Waals surface area contributed by atoms with Gasteiger partial charge in [-0.2, -0.15) is 0 Å². The molecule has 0 radical (unpaired) electrons. The normalized spacial score (nSPS) is 27.3. The highest BCUT2D eigenvalue weighted by Gasteiger charge is 2.49. The molecule has 2 heterocycles. The second-order valence-electron chi connectivity index (χ2n) is 10.3. The van der Waals surface area contributed by atoms with Crippen molar-refractivity contribution in [3.8, 4) is 0 Å². The molecule has 2 atom stereocenters. The summed E-state index contributed by atoms with van der Waals surface area (Å²) in [4.78, 5) is 21.4. The van der Waals surface area contributed by atoms with Gasteiger partial charge in [-0.05, 0) is 55.2 Å². The molecule has 0 amide bonds. The molecular weight excluding hydrogens is 334 g/mol. The first-order chi connectivity index (χ1) is 12.6.